The Hall–Kier alpha value is -0.681. The van der Waals surface area contributed by atoms with Crippen molar-refractivity contribution in [3.63, 3.8) is 0 Å². The van der Waals surface area contributed by atoms with E-state index in [4.69, 9.17) is 50.5 Å². The quantitative estimate of drug-likeness (QED) is 0.183. The average molecular weight is 604 g/mol. The Labute approximate surface area is 249 Å². The molecule has 4 rings (SSSR count). The number of hydrogen-bond donors (Lipinski definition) is 0. The summed E-state index contributed by atoms with van der Waals surface area (Å²) in [5.74, 6) is 2.89. The molecule has 0 radical (unpaired) electrons. The Morgan fingerprint density at radius 1 is 0.294 bits per heavy atom. The molecule has 0 aromatic heterocycles. The van der Waals surface area contributed by atoms with Gasteiger partial charge in [-0.05, 0) is 0 Å². The van der Waals surface area contributed by atoms with Crippen molar-refractivity contribution in [1.29, 1.82) is 0 Å². The normalized spacial score (nSPS) is 8.59. The molecule has 0 aliphatic heterocycles. The van der Waals surface area contributed by atoms with E-state index in [-0.39, 0.29) is 34.1 Å². The first kappa shape index (κ1) is 35.5. The van der Waals surface area contributed by atoms with Crippen LogP contribution in [0.1, 0.15) is 22.3 Å². The summed E-state index contributed by atoms with van der Waals surface area (Å²) in [5.41, 5.74) is 4.90. The van der Waals surface area contributed by atoms with Gasteiger partial charge in [0.25, 0.3) is 0 Å². The summed E-state index contributed by atoms with van der Waals surface area (Å²) in [6, 6.07) is 40.3. The van der Waals surface area contributed by atoms with E-state index in [1.165, 1.54) is 22.3 Å². The van der Waals surface area contributed by atoms with Gasteiger partial charge in [0.05, 0.1) is 0 Å². The fourth-order valence-electron chi connectivity index (χ4n) is 2.30. The van der Waals surface area contributed by atoms with Crippen molar-refractivity contribution in [3.8, 4) is 0 Å². The van der Waals surface area contributed by atoms with Crippen LogP contribution < -0.4 is 0 Å². The minimum absolute atomic E-state index is 0. The number of benzene rings is 4. The van der Waals surface area contributed by atoms with Gasteiger partial charge in [-0.3, -0.25) is 0 Å². The molecule has 0 nitrogen and oxygen atoms in total. The van der Waals surface area contributed by atoms with Crippen LogP contribution in [0.5, 0.6) is 0 Å². The molecule has 0 saturated carbocycles. The van der Waals surface area contributed by atoms with Gasteiger partial charge in [-0.1, -0.05) is 144 Å². The molecule has 6 heteroatoms. The van der Waals surface area contributed by atoms with Crippen LogP contribution in [0, 0.1) is 0 Å². The van der Waals surface area contributed by atoms with E-state index >= 15 is 0 Å². The molecule has 0 unspecified atom stereocenters. The molecular formula is C28H28Fe2S4. The van der Waals surface area contributed by atoms with E-state index < -0.39 is 0 Å². The van der Waals surface area contributed by atoms with Crippen molar-refractivity contribution in [2.45, 2.75) is 23.0 Å². The van der Waals surface area contributed by atoms with E-state index in [0.29, 0.717) is 0 Å². The molecule has 0 fully saturated rings. The van der Waals surface area contributed by atoms with Crippen LogP contribution in [0.4, 0.5) is 0 Å². The Morgan fingerprint density at radius 3 is 0.529 bits per heavy atom. The molecule has 0 heterocycles. The third-order valence-electron chi connectivity index (χ3n) is 4.04. The number of hydrogen-bond acceptors (Lipinski definition) is 4. The summed E-state index contributed by atoms with van der Waals surface area (Å²) in [6.45, 7) is 0. The predicted octanol–water partition coefficient (Wildman–Crippen LogP) is 6.93. The zero-order valence-electron chi connectivity index (χ0n) is 18.7. The molecular weight excluding hydrogens is 576 g/mol. The molecule has 4 aromatic carbocycles. The van der Waals surface area contributed by atoms with Gasteiger partial charge in [0.15, 0.2) is 0 Å². The first-order valence-electron chi connectivity index (χ1n) is 10.2. The van der Waals surface area contributed by atoms with Crippen molar-refractivity contribution in [2.75, 3.05) is 0 Å². The van der Waals surface area contributed by atoms with E-state index in [1.807, 2.05) is 121 Å². The summed E-state index contributed by atoms with van der Waals surface area (Å²) >= 11 is 19.3. The summed E-state index contributed by atoms with van der Waals surface area (Å²) in [4.78, 5) is 0. The molecule has 34 heavy (non-hydrogen) atoms. The fourth-order valence-corrected chi connectivity index (χ4v) is 3.07. The molecule has 0 bridgehead atoms. The van der Waals surface area contributed by atoms with Crippen molar-refractivity contribution >= 4 is 50.5 Å². The van der Waals surface area contributed by atoms with Crippen LogP contribution in [0.3, 0.4) is 0 Å². The standard InChI is InChI=1S/4C7H8S.2Fe/c4*8-6-7-4-2-1-3-5-7;;/h4*1-5,8H,6H2;;/q;;;;2*+2/p-4. The average Bonchev–Trinajstić information content (AvgIpc) is 2.91. The molecule has 4 aromatic rings. The summed E-state index contributed by atoms with van der Waals surface area (Å²) < 4.78 is 0. The third-order valence-corrected chi connectivity index (χ3v) is 5.37. The van der Waals surface area contributed by atoms with Crippen molar-refractivity contribution in [3.05, 3.63) is 144 Å². The summed E-state index contributed by atoms with van der Waals surface area (Å²) in [6.07, 6.45) is 0. The summed E-state index contributed by atoms with van der Waals surface area (Å²) in [7, 11) is 0. The van der Waals surface area contributed by atoms with Crippen molar-refractivity contribution in [1.82, 2.24) is 0 Å². The van der Waals surface area contributed by atoms with Gasteiger partial charge in [0.2, 0.25) is 0 Å². The first-order chi connectivity index (χ1) is 15.7. The van der Waals surface area contributed by atoms with Gasteiger partial charge in [-0.25, -0.2) is 0 Å². The minimum Gasteiger partial charge on any atom is -0.788 e. The van der Waals surface area contributed by atoms with Crippen LogP contribution in [0.15, 0.2) is 121 Å². The maximum absolute atomic E-state index is 4.82. The Morgan fingerprint density at radius 2 is 0.441 bits per heavy atom. The van der Waals surface area contributed by atoms with Crippen LogP contribution in [0.25, 0.3) is 0 Å². The third kappa shape index (κ3) is 18.6. The Kier molecular flexibility index (Phi) is 26.5. The summed E-state index contributed by atoms with van der Waals surface area (Å²) in [5, 5.41) is 0. The van der Waals surface area contributed by atoms with E-state index in [2.05, 4.69) is 0 Å². The molecule has 180 valence electrons. The minimum atomic E-state index is 0. The molecule has 0 aliphatic rings. The second kappa shape index (κ2) is 25.4. The van der Waals surface area contributed by atoms with Crippen LogP contribution in [0.2, 0.25) is 0 Å². The molecule has 0 atom stereocenters. The van der Waals surface area contributed by atoms with Crippen LogP contribution in [-0.4, -0.2) is 0 Å². The van der Waals surface area contributed by atoms with Gasteiger partial charge in [-0.15, -0.1) is 0 Å². The van der Waals surface area contributed by atoms with E-state index in [1.54, 1.807) is 0 Å². The molecule has 0 saturated heterocycles. The topological polar surface area (TPSA) is 0 Å². The van der Waals surface area contributed by atoms with Crippen molar-refractivity contribution < 1.29 is 34.1 Å². The first-order valence-corrected chi connectivity index (χ1v) is 12.5. The SMILES string of the molecule is [Fe+2].[Fe+2].[S-]Cc1ccccc1.[S-]Cc1ccccc1.[S-]Cc1ccccc1.[S-]Cc1ccccc1. The predicted molar refractivity (Wildman–Crippen MR) is 150 cm³/mol. The van der Waals surface area contributed by atoms with E-state index in [9.17, 15) is 0 Å². The van der Waals surface area contributed by atoms with Gasteiger partial charge in [0.1, 0.15) is 0 Å². The number of rotatable bonds is 4. The Balaban J connectivity index is 0. The fraction of sp³-hybridized carbons (Fsp3) is 0.143. The maximum atomic E-state index is 4.82. The maximum Gasteiger partial charge on any atom is 2.00 e. The van der Waals surface area contributed by atoms with E-state index in [0.717, 1.165) is 23.0 Å². The van der Waals surface area contributed by atoms with Gasteiger partial charge < -0.3 is 50.5 Å². The van der Waals surface area contributed by atoms with Gasteiger partial charge in [-0.2, -0.15) is 23.0 Å². The molecule has 0 amide bonds. The molecule has 0 aliphatic carbocycles. The zero-order valence-corrected chi connectivity index (χ0v) is 24.2. The van der Waals surface area contributed by atoms with Gasteiger partial charge >= 0.3 is 34.1 Å². The second-order valence-electron chi connectivity index (χ2n) is 6.52. The molecule has 0 N–H and O–H groups in total. The van der Waals surface area contributed by atoms with Crippen LogP contribution in [-0.2, 0) is 108 Å². The zero-order chi connectivity index (χ0) is 23.3. The van der Waals surface area contributed by atoms with Crippen LogP contribution >= 0.6 is 0 Å². The monoisotopic (exact) mass is 604 g/mol. The molecule has 0 spiro atoms. The van der Waals surface area contributed by atoms with Crippen molar-refractivity contribution in [2.24, 2.45) is 0 Å². The second-order valence-corrected chi connectivity index (χ2v) is 7.67. The Bertz CT molecular complexity index is 752. The smallest absolute Gasteiger partial charge is 0.788 e. The largest absolute Gasteiger partial charge is 2.00 e. The van der Waals surface area contributed by atoms with Gasteiger partial charge in [0, 0.05) is 0 Å².